The largest absolute Gasteiger partial charge is 0.801 e. The fourth-order valence-electron chi connectivity index (χ4n) is 14.1. The van der Waals surface area contributed by atoms with E-state index in [4.69, 9.17) is 54.0 Å². The van der Waals surface area contributed by atoms with Crippen LogP contribution in [0.1, 0.15) is 456 Å². The Morgan fingerprint density at radius 2 is 0.515 bits per heavy atom. The Balaban J connectivity index is -0.000000868. The zero-order valence-corrected chi connectivity index (χ0v) is 95.8. The Hall–Kier alpha value is -3.67. The molecule has 136 heavy (non-hydrogen) atoms. The van der Waals surface area contributed by atoms with Gasteiger partial charge >= 0.3 is 0 Å². The van der Waals surface area contributed by atoms with Gasteiger partial charge < -0.3 is 75.4 Å². The first-order chi connectivity index (χ1) is 64.7. The number of amides is 4. The van der Waals surface area contributed by atoms with E-state index in [-0.39, 0.29) is 30.2 Å². The molecular weight excluding hydrogens is 1830 g/mol. The second-order valence-electron chi connectivity index (χ2n) is 38.0. The van der Waals surface area contributed by atoms with Gasteiger partial charge in [0.1, 0.15) is 7.60 Å². The van der Waals surface area contributed by atoms with Crippen LogP contribution in [0.15, 0.2) is 153 Å². The van der Waals surface area contributed by atoms with Crippen LogP contribution in [0.5, 0.6) is 0 Å². The first kappa shape index (κ1) is 139. The molecule has 0 aromatic carbocycles. The minimum Gasteiger partial charge on any atom is -0.801 e. The molecule has 4 N–H and O–H groups in total. The average Bonchev–Trinajstić information content (AvgIpc) is 1.00. The minimum absolute atomic E-state index is 0.0967. The minimum atomic E-state index is -3.61. The van der Waals surface area contributed by atoms with Crippen LogP contribution >= 0.6 is 27.1 Å². The third-order valence-electron chi connectivity index (χ3n) is 22.5. The highest BCUT2D eigenvalue weighted by molar-refractivity contribution is 8.34. The van der Waals surface area contributed by atoms with E-state index in [0.717, 1.165) is 270 Å². The Morgan fingerprint density at radius 3 is 0.809 bits per heavy atom. The van der Waals surface area contributed by atoms with Crippen molar-refractivity contribution < 1.29 is 61.1 Å². The van der Waals surface area contributed by atoms with Crippen LogP contribution < -0.4 is 35.9 Å². The van der Waals surface area contributed by atoms with Crippen LogP contribution in [0.2, 0.25) is 0 Å². The standard InChI is InChI=1S/C34H60NO4P.C34H60NO3PS.C25H46NO3PS.C19H40NO3PS/c1-29(2)17-14-20-32(5)23-15-21-30(3)18-10-11-19-31(4)22-16-24-33(6)25-26-34(36)35-27-12-8-9-13-28-39-40(7,37)38;1-29(2)17-14-20-32(5)23-15-21-30(3)18-10-11-19-31(4)22-16-24-33(6)25-26-34(36)35-27-12-8-9-13-28-38-39(7,37)40;1-3-4-5-6-7-8-9-10-11-12-13-14-15-16-19-22-25(27)26-23-20-17-18-21-24-29-30(2,28)31;1-3-4-5-6-7-8-9-10-13-16-19(21)20-17-14-11-12-15-18-23-24(2,22)25/h17-19,23-24H,8-16,20-22,25-28H2,1-7H3,(H,35,36)(H,37,38);17-19,23-24H,8-16,20-22,25-28H2,1-7H3,(H,35,36)(H,37,40);4-5,7-8,10-11H,3,6,9,12-24H2,1-2H3,(H,26,27)(H,28,31);3-18H2,1-2H3,(H,20,21)(H,22,25)/p-4/b2*30-18+,31-19+,32-23+,33-24+;5-4-,8-7-,11-10-;. The van der Waals surface area contributed by atoms with Gasteiger partial charge in [0.05, 0.1) is 33.0 Å². The summed E-state index contributed by atoms with van der Waals surface area (Å²) in [7, 11) is -3.61. The van der Waals surface area contributed by atoms with E-state index in [1.807, 2.05) is 0 Å². The van der Waals surface area contributed by atoms with Crippen LogP contribution in [0.25, 0.3) is 0 Å². The predicted molar refractivity (Wildman–Crippen MR) is 597 cm³/mol. The molecule has 0 aromatic heterocycles. The number of carbonyl (C=O) groups excluding carboxylic acids is 4. The maximum Gasteiger partial charge on any atom is 0.220 e. The van der Waals surface area contributed by atoms with E-state index in [0.29, 0.717) is 58.6 Å². The third kappa shape index (κ3) is 124. The zero-order chi connectivity index (χ0) is 102. The quantitative estimate of drug-likeness (QED) is 0.0191. The van der Waals surface area contributed by atoms with Crippen molar-refractivity contribution in [1.82, 2.24) is 21.3 Å². The molecule has 0 aromatic rings. The molecule has 17 nitrogen and oxygen atoms in total. The van der Waals surface area contributed by atoms with Gasteiger partial charge in [-0.15, -0.1) is 0 Å². The average molecular weight is 2030 g/mol. The smallest absolute Gasteiger partial charge is 0.220 e. The van der Waals surface area contributed by atoms with Gasteiger partial charge in [-0.2, -0.15) is 0 Å². The highest BCUT2D eigenvalue weighted by Crippen LogP contribution is 2.39. The highest BCUT2D eigenvalue weighted by atomic mass is 32.7. The van der Waals surface area contributed by atoms with Gasteiger partial charge in [0.15, 0.2) is 0 Å². The lowest BCUT2D eigenvalue weighted by atomic mass is 10.0. The second kappa shape index (κ2) is 98.7. The Bertz CT molecular complexity index is 3470. The summed E-state index contributed by atoms with van der Waals surface area (Å²) < 4.78 is 42.2. The van der Waals surface area contributed by atoms with Crippen molar-refractivity contribution in [3.8, 4) is 0 Å². The molecule has 0 bridgehead atoms. The van der Waals surface area contributed by atoms with E-state index in [1.54, 1.807) is 0 Å². The summed E-state index contributed by atoms with van der Waals surface area (Å²) >= 11 is 14.2. The zero-order valence-electron chi connectivity index (χ0n) is 89.8. The molecule has 24 heteroatoms. The van der Waals surface area contributed by atoms with Crippen LogP contribution in [0.4, 0.5) is 0 Å². The molecule has 0 saturated heterocycles. The number of hydrogen-bond donors (Lipinski definition) is 4. The van der Waals surface area contributed by atoms with Gasteiger partial charge in [0.2, 0.25) is 23.6 Å². The summed E-state index contributed by atoms with van der Waals surface area (Å²) in [5, 5.41) is 12.0. The summed E-state index contributed by atoms with van der Waals surface area (Å²) in [5.74, 6) is 0.574. The second-order valence-corrected chi connectivity index (χ2v) is 51.2. The van der Waals surface area contributed by atoms with Crippen molar-refractivity contribution in [2.75, 3.05) is 79.3 Å². The van der Waals surface area contributed by atoms with Crippen molar-refractivity contribution in [2.24, 2.45) is 0 Å². The summed E-state index contributed by atoms with van der Waals surface area (Å²) in [6.07, 6.45) is 95.5. The fraction of sp³-hybridized carbons (Fsp3) is 0.732. The molecule has 0 aliphatic heterocycles. The molecular formula is C112H202N4O13P4S3-4. The molecule has 4 atom stereocenters. The number of rotatable bonds is 85. The van der Waals surface area contributed by atoms with Crippen molar-refractivity contribution in [3.05, 3.63) is 153 Å². The van der Waals surface area contributed by atoms with Crippen molar-refractivity contribution >= 4 is 86.6 Å². The van der Waals surface area contributed by atoms with E-state index >= 15 is 0 Å². The molecule has 0 aliphatic rings. The Kier molecular flexibility index (Phi) is 101. The molecule has 0 aliphatic carbocycles. The van der Waals surface area contributed by atoms with E-state index in [2.05, 4.69) is 215 Å². The number of nitrogens with one attached hydrogen (secondary N) is 4. The van der Waals surface area contributed by atoms with Gasteiger partial charge in [-0.25, -0.2) is 0 Å². The van der Waals surface area contributed by atoms with Gasteiger partial charge in [0.25, 0.3) is 0 Å². The molecule has 0 heterocycles. The maximum absolute atomic E-state index is 12.1. The van der Waals surface area contributed by atoms with Gasteiger partial charge in [0, 0.05) is 58.5 Å². The van der Waals surface area contributed by atoms with Crippen LogP contribution in [0, 0.1) is 0 Å². The van der Waals surface area contributed by atoms with Gasteiger partial charge in [-0.05, 0) is 328 Å². The van der Waals surface area contributed by atoms with Crippen molar-refractivity contribution in [2.45, 2.75) is 456 Å². The number of carbonyl (C=O) groups is 4. The third-order valence-corrected chi connectivity index (χ3v) is 26.1. The highest BCUT2D eigenvalue weighted by Gasteiger charge is 2.09. The molecule has 0 saturated carbocycles. The van der Waals surface area contributed by atoms with Crippen molar-refractivity contribution in [1.29, 1.82) is 0 Å². The summed E-state index contributed by atoms with van der Waals surface area (Å²) in [6, 6.07) is 0. The van der Waals surface area contributed by atoms with Crippen LogP contribution in [0.3, 0.4) is 0 Å². The molecule has 4 amide bonds. The Morgan fingerprint density at radius 1 is 0.272 bits per heavy atom. The van der Waals surface area contributed by atoms with Crippen LogP contribution in [-0.4, -0.2) is 103 Å². The van der Waals surface area contributed by atoms with Gasteiger partial charge in [-0.3, -0.25) is 19.2 Å². The fourth-order valence-corrected chi connectivity index (χ4v) is 16.6. The number of hydrogen-bond acceptors (Lipinski definition) is 16. The topological polar surface area (TPSA) is 257 Å². The molecule has 0 spiro atoms. The Labute approximate surface area is 851 Å². The van der Waals surface area contributed by atoms with E-state index in [9.17, 15) is 43.0 Å². The molecule has 790 valence electrons. The molecule has 0 rings (SSSR count). The first-order valence-electron chi connectivity index (χ1n) is 52.9. The predicted octanol–water partition coefficient (Wildman–Crippen LogP) is 31.7. The van der Waals surface area contributed by atoms with Crippen molar-refractivity contribution in [3.63, 3.8) is 0 Å². The first-order valence-corrected chi connectivity index (χ1v) is 64.2. The maximum atomic E-state index is 12.1. The summed E-state index contributed by atoms with van der Waals surface area (Å²) in [6.45, 7) is 32.5. The summed E-state index contributed by atoms with van der Waals surface area (Å²) in [5.41, 5.74) is 14.2. The number of unbranched alkanes of at least 4 members (excludes halogenated alkanes) is 27. The van der Waals surface area contributed by atoms with E-state index in [1.165, 1.54) is 159 Å². The lowest BCUT2D eigenvalue weighted by molar-refractivity contribution is -0.196. The molecule has 0 radical (unpaired) electrons. The lowest BCUT2D eigenvalue weighted by Crippen LogP contribution is -2.24. The monoisotopic (exact) mass is 2030 g/mol. The molecule has 0 fully saturated rings. The number of allylic oxidation sites excluding steroid dienone is 26. The SMILES string of the molecule is CC(C)=CCC/C(C)=C/CC/C(C)=C/CC/C=C(\C)CC/C=C(\C)CCC(=O)NCCCCCCOP(C)(=O)[O-].CC(C)=CCC/C(C)=C/CC/C(C)=C/CC/C=C(\C)CC/C=C(\C)CCC(=O)NCCCCCCOP(C)([O-])=S.CC/C=C\C/C=C\C/C=C\CCCCCCCC(=O)NCCCCCCOP(C)(=O)[S-].CCCCCCCCCCCC(=O)NCCCCCCOP(C)([O-])=S. The van der Waals surface area contributed by atoms with Crippen LogP contribution in [-0.2, 0) is 82.3 Å². The summed E-state index contributed by atoms with van der Waals surface area (Å²) in [4.78, 5) is 81.1. The lowest BCUT2D eigenvalue weighted by Gasteiger charge is -2.22. The normalized spacial score (nSPS) is 14.3. The molecule has 4 unspecified atom stereocenters. The van der Waals surface area contributed by atoms with E-state index < -0.39 is 27.1 Å². The van der Waals surface area contributed by atoms with Gasteiger partial charge in [-0.1, -0.05) is 312 Å².